The molecule has 144 valence electrons. The van der Waals surface area contributed by atoms with Crippen LogP contribution >= 0.6 is 11.3 Å². The maximum absolute atomic E-state index is 13.1. The number of amides is 1. The second-order valence-electron chi connectivity index (χ2n) is 7.44. The van der Waals surface area contributed by atoms with Crippen LogP contribution in [-0.4, -0.2) is 67.0 Å². The minimum Gasteiger partial charge on any atom is -0.337 e. The highest BCUT2D eigenvalue weighted by Crippen LogP contribution is 2.28. The summed E-state index contributed by atoms with van der Waals surface area (Å²) in [6.07, 6.45) is 3.74. The van der Waals surface area contributed by atoms with E-state index in [9.17, 15) is 4.79 Å². The standard InChI is InChI=1S/C18H25N7OS/c1-12-15(25-9-10-27-18(25)19-12)17(26)24-7-5-13(6-8-24)16-21-20-14(23(16)4)11-22(2)3/h9-10,13H,5-8,11H2,1-4H3. The zero-order valence-electron chi connectivity index (χ0n) is 16.2. The van der Waals surface area contributed by atoms with E-state index in [0.29, 0.717) is 11.6 Å². The highest BCUT2D eigenvalue weighted by Gasteiger charge is 2.30. The van der Waals surface area contributed by atoms with Crippen LogP contribution in [0.2, 0.25) is 0 Å². The Labute approximate surface area is 162 Å². The Kier molecular flexibility index (Phi) is 4.73. The Morgan fingerprint density at radius 2 is 2.04 bits per heavy atom. The minimum atomic E-state index is 0.0723. The quantitative estimate of drug-likeness (QED) is 0.684. The molecule has 4 heterocycles. The molecule has 1 amide bonds. The molecule has 0 bridgehead atoms. The number of carbonyl (C=O) groups excluding carboxylic acids is 1. The molecule has 1 aliphatic rings. The van der Waals surface area contributed by atoms with Gasteiger partial charge in [-0.05, 0) is 33.9 Å². The van der Waals surface area contributed by atoms with Gasteiger partial charge in [-0.1, -0.05) is 0 Å². The summed E-state index contributed by atoms with van der Waals surface area (Å²) in [6, 6.07) is 0. The number of rotatable bonds is 4. The molecule has 0 unspecified atom stereocenters. The van der Waals surface area contributed by atoms with Gasteiger partial charge in [0, 0.05) is 37.6 Å². The maximum Gasteiger partial charge on any atom is 0.272 e. The van der Waals surface area contributed by atoms with Gasteiger partial charge >= 0.3 is 0 Å². The van der Waals surface area contributed by atoms with E-state index in [-0.39, 0.29) is 5.91 Å². The molecule has 0 radical (unpaired) electrons. The van der Waals surface area contributed by atoms with Crippen molar-refractivity contribution >= 4 is 22.2 Å². The number of fused-ring (bicyclic) bond motifs is 1. The third-order valence-corrected chi connectivity index (χ3v) is 6.00. The van der Waals surface area contributed by atoms with E-state index in [2.05, 4.69) is 24.6 Å². The van der Waals surface area contributed by atoms with Gasteiger partial charge in [0.1, 0.15) is 17.3 Å². The molecule has 1 saturated heterocycles. The van der Waals surface area contributed by atoms with Crippen molar-refractivity contribution in [2.45, 2.75) is 32.2 Å². The molecule has 8 nitrogen and oxygen atoms in total. The van der Waals surface area contributed by atoms with Crippen molar-refractivity contribution < 1.29 is 4.79 Å². The Morgan fingerprint density at radius 3 is 2.74 bits per heavy atom. The first-order valence-electron chi connectivity index (χ1n) is 9.20. The summed E-state index contributed by atoms with van der Waals surface area (Å²) in [5.74, 6) is 2.42. The van der Waals surface area contributed by atoms with Crippen LogP contribution in [-0.2, 0) is 13.6 Å². The smallest absolute Gasteiger partial charge is 0.272 e. The average molecular weight is 388 g/mol. The van der Waals surface area contributed by atoms with Crippen molar-refractivity contribution in [2.75, 3.05) is 27.2 Å². The molecule has 0 saturated carbocycles. The highest BCUT2D eigenvalue weighted by atomic mass is 32.1. The zero-order valence-corrected chi connectivity index (χ0v) is 17.0. The van der Waals surface area contributed by atoms with Crippen LogP contribution in [0.15, 0.2) is 11.6 Å². The van der Waals surface area contributed by atoms with E-state index in [1.54, 1.807) is 11.3 Å². The van der Waals surface area contributed by atoms with Gasteiger partial charge < -0.3 is 14.4 Å². The summed E-state index contributed by atoms with van der Waals surface area (Å²) in [5.41, 5.74) is 1.49. The van der Waals surface area contributed by atoms with Crippen LogP contribution in [0.25, 0.3) is 4.96 Å². The number of thiazole rings is 1. The zero-order chi connectivity index (χ0) is 19.1. The Hall–Kier alpha value is -2.26. The topological polar surface area (TPSA) is 71.6 Å². The fourth-order valence-electron chi connectivity index (χ4n) is 3.79. The van der Waals surface area contributed by atoms with Gasteiger partial charge in [0.2, 0.25) is 0 Å². The lowest BCUT2D eigenvalue weighted by Crippen LogP contribution is -2.39. The van der Waals surface area contributed by atoms with Gasteiger partial charge in [0.15, 0.2) is 4.96 Å². The van der Waals surface area contributed by atoms with Crippen LogP contribution in [0.4, 0.5) is 0 Å². The summed E-state index contributed by atoms with van der Waals surface area (Å²) in [4.78, 5) is 22.5. The number of imidazole rings is 1. The number of likely N-dealkylation sites (tertiary alicyclic amines) is 1. The van der Waals surface area contributed by atoms with E-state index in [4.69, 9.17) is 0 Å². The van der Waals surface area contributed by atoms with Crippen molar-refractivity contribution in [2.24, 2.45) is 7.05 Å². The largest absolute Gasteiger partial charge is 0.337 e. The van der Waals surface area contributed by atoms with Crippen LogP contribution in [0, 0.1) is 6.92 Å². The van der Waals surface area contributed by atoms with Gasteiger partial charge in [0.05, 0.1) is 12.2 Å². The summed E-state index contributed by atoms with van der Waals surface area (Å²) in [5, 5.41) is 10.7. The summed E-state index contributed by atoms with van der Waals surface area (Å²) in [6.45, 7) is 4.15. The molecule has 0 aromatic carbocycles. The van der Waals surface area contributed by atoms with E-state index < -0.39 is 0 Å². The normalized spacial score (nSPS) is 16.0. The third-order valence-electron chi connectivity index (χ3n) is 5.24. The third kappa shape index (κ3) is 3.25. The molecule has 1 fully saturated rings. The molecule has 0 N–H and O–H groups in total. The SMILES string of the molecule is Cc1nc2sccn2c1C(=O)N1CCC(c2nnc(CN(C)C)n2C)CC1. The van der Waals surface area contributed by atoms with Crippen LogP contribution in [0.5, 0.6) is 0 Å². The lowest BCUT2D eigenvalue weighted by molar-refractivity contribution is 0.0702. The summed E-state index contributed by atoms with van der Waals surface area (Å²) in [7, 11) is 6.09. The van der Waals surface area contributed by atoms with E-state index >= 15 is 0 Å². The van der Waals surface area contributed by atoms with Crippen LogP contribution in [0.1, 0.15) is 46.6 Å². The number of aromatic nitrogens is 5. The lowest BCUT2D eigenvalue weighted by Gasteiger charge is -2.31. The Morgan fingerprint density at radius 1 is 1.30 bits per heavy atom. The molecule has 4 rings (SSSR count). The van der Waals surface area contributed by atoms with Gasteiger partial charge in [-0.25, -0.2) is 4.98 Å². The van der Waals surface area contributed by atoms with Gasteiger partial charge in [-0.2, -0.15) is 0 Å². The molecule has 3 aromatic rings. The first-order chi connectivity index (χ1) is 13.0. The Bertz CT molecular complexity index is 962. The molecule has 3 aromatic heterocycles. The van der Waals surface area contributed by atoms with E-state index in [1.165, 1.54) is 0 Å². The molecular weight excluding hydrogens is 362 g/mol. The van der Waals surface area contributed by atoms with Crippen LogP contribution in [0.3, 0.4) is 0 Å². The molecule has 27 heavy (non-hydrogen) atoms. The highest BCUT2D eigenvalue weighted by molar-refractivity contribution is 7.15. The Balaban J connectivity index is 1.46. The van der Waals surface area contributed by atoms with Crippen molar-refractivity contribution in [3.63, 3.8) is 0 Å². The van der Waals surface area contributed by atoms with Crippen LogP contribution < -0.4 is 0 Å². The summed E-state index contributed by atoms with van der Waals surface area (Å²) < 4.78 is 4.02. The molecular formula is C18H25N7OS. The second kappa shape index (κ2) is 7.05. The number of hydrogen-bond donors (Lipinski definition) is 0. The first-order valence-corrected chi connectivity index (χ1v) is 10.1. The monoisotopic (exact) mass is 387 g/mol. The average Bonchev–Trinajstić information content (AvgIpc) is 3.30. The molecule has 9 heteroatoms. The molecule has 0 atom stereocenters. The maximum atomic E-state index is 13.1. The predicted octanol–water partition coefficient (Wildman–Crippen LogP) is 1.91. The second-order valence-corrected chi connectivity index (χ2v) is 8.31. The molecule has 0 aliphatic carbocycles. The van der Waals surface area contributed by atoms with Crippen molar-refractivity contribution in [3.8, 4) is 0 Å². The van der Waals surface area contributed by atoms with Crippen molar-refractivity contribution in [1.29, 1.82) is 0 Å². The lowest BCUT2D eigenvalue weighted by atomic mass is 9.95. The van der Waals surface area contributed by atoms with E-state index in [0.717, 1.165) is 54.8 Å². The summed E-state index contributed by atoms with van der Waals surface area (Å²) >= 11 is 1.55. The van der Waals surface area contributed by atoms with Gasteiger partial charge in [-0.15, -0.1) is 21.5 Å². The molecule has 0 spiro atoms. The number of nitrogens with zero attached hydrogens (tertiary/aromatic N) is 7. The van der Waals surface area contributed by atoms with E-state index in [1.807, 2.05) is 48.9 Å². The predicted molar refractivity (Wildman–Crippen MR) is 104 cm³/mol. The minimum absolute atomic E-state index is 0.0723. The number of piperidine rings is 1. The van der Waals surface area contributed by atoms with Gasteiger partial charge in [-0.3, -0.25) is 9.20 Å². The fraction of sp³-hybridized carbons (Fsp3) is 0.556. The number of aryl methyl sites for hydroxylation is 1. The van der Waals surface area contributed by atoms with Crippen molar-refractivity contribution in [1.82, 2.24) is 33.9 Å². The van der Waals surface area contributed by atoms with Gasteiger partial charge in [0.25, 0.3) is 5.91 Å². The first kappa shape index (κ1) is 18.1. The fourth-order valence-corrected chi connectivity index (χ4v) is 4.55. The molecule has 1 aliphatic heterocycles. The number of hydrogen-bond acceptors (Lipinski definition) is 6. The number of carbonyl (C=O) groups is 1. The van der Waals surface area contributed by atoms with Crippen molar-refractivity contribution in [3.05, 3.63) is 34.6 Å².